The molecule has 30 heavy (non-hydrogen) atoms. The summed E-state index contributed by atoms with van der Waals surface area (Å²) in [6.45, 7) is 1.32. The van der Waals surface area contributed by atoms with E-state index in [1.807, 2.05) is 30.3 Å². The van der Waals surface area contributed by atoms with Gasteiger partial charge in [0.2, 0.25) is 10.0 Å². The van der Waals surface area contributed by atoms with Crippen molar-refractivity contribution in [2.24, 2.45) is 5.14 Å². The summed E-state index contributed by atoms with van der Waals surface area (Å²) in [5, 5.41) is 4.95. The van der Waals surface area contributed by atoms with Crippen LogP contribution in [-0.4, -0.2) is 23.0 Å². The molecule has 0 amide bonds. The summed E-state index contributed by atoms with van der Waals surface area (Å²) in [6.07, 6.45) is 1.48. The van der Waals surface area contributed by atoms with Crippen LogP contribution in [0, 0.1) is 18.6 Å². The molecule has 0 atom stereocenters. The van der Waals surface area contributed by atoms with Crippen LogP contribution in [0.25, 0.3) is 22.2 Å². The zero-order valence-corrected chi connectivity index (χ0v) is 16.5. The van der Waals surface area contributed by atoms with E-state index in [1.165, 1.54) is 10.8 Å². The number of halogens is 2. The Bertz CT molecular complexity index is 1420. The molecule has 0 bridgehead atoms. The average molecular weight is 430 g/mol. The van der Waals surface area contributed by atoms with Gasteiger partial charge in [0.05, 0.1) is 28.7 Å². The van der Waals surface area contributed by atoms with Crippen molar-refractivity contribution >= 4 is 21.1 Å². The summed E-state index contributed by atoms with van der Waals surface area (Å²) in [6, 6.07) is 10.5. The number of nitrogens with zero attached hydrogens (tertiary/aromatic N) is 2. The highest BCUT2D eigenvalue weighted by Crippen LogP contribution is 2.30. The van der Waals surface area contributed by atoms with Crippen LogP contribution in [0.5, 0.6) is 0 Å². The Morgan fingerprint density at radius 3 is 2.37 bits per heavy atom. The van der Waals surface area contributed by atoms with Crippen molar-refractivity contribution in [1.29, 1.82) is 0 Å². The maximum Gasteiger partial charge on any atom is 0.326 e. The van der Waals surface area contributed by atoms with E-state index >= 15 is 0 Å². The average Bonchev–Trinajstić information content (AvgIpc) is 2.99. The van der Waals surface area contributed by atoms with Crippen LogP contribution in [0.2, 0.25) is 0 Å². The lowest BCUT2D eigenvalue weighted by molar-refractivity contribution is 0.535. The fourth-order valence-electron chi connectivity index (χ4n) is 3.40. The minimum Gasteiger partial charge on any atom is -0.304 e. The van der Waals surface area contributed by atoms with Crippen LogP contribution in [-0.2, 0) is 16.6 Å². The molecule has 0 saturated carbocycles. The predicted octanol–water partition coefficient (Wildman–Crippen LogP) is 2.67. The second-order valence-corrected chi connectivity index (χ2v) is 8.34. The van der Waals surface area contributed by atoms with Crippen molar-refractivity contribution in [3.05, 3.63) is 82.0 Å². The van der Waals surface area contributed by atoms with E-state index in [2.05, 4.69) is 9.97 Å². The van der Waals surface area contributed by atoms with E-state index in [0.717, 1.165) is 5.56 Å². The number of fused-ring (bicyclic) bond motifs is 1. The molecule has 7 nitrogen and oxygen atoms in total. The molecule has 0 aliphatic heterocycles. The molecule has 4 aromatic rings. The molecule has 2 heterocycles. The number of aromatic amines is 1. The highest BCUT2D eigenvalue weighted by molar-refractivity contribution is 7.89. The third kappa shape index (κ3) is 3.40. The molecule has 0 radical (unpaired) electrons. The highest BCUT2D eigenvalue weighted by Gasteiger charge is 2.21. The number of primary sulfonamides is 1. The molecule has 2 aromatic heterocycles. The Morgan fingerprint density at radius 2 is 1.77 bits per heavy atom. The molecule has 0 saturated heterocycles. The Hall–Kier alpha value is -3.37. The van der Waals surface area contributed by atoms with Gasteiger partial charge in [-0.05, 0) is 24.6 Å². The third-order valence-corrected chi connectivity index (χ3v) is 5.71. The Morgan fingerprint density at radius 1 is 1.13 bits per heavy atom. The predicted molar refractivity (Wildman–Crippen MR) is 107 cm³/mol. The fourth-order valence-corrected chi connectivity index (χ4v) is 3.94. The summed E-state index contributed by atoms with van der Waals surface area (Å²) < 4.78 is 53.2. The van der Waals surface area contributed by atoms with Crippen molar-refractivity contribution in [3.8, 4) is 11.1 Å². The number of nitrogens with two attached hydrogens (primary N) is 1. The van der Waals surface area contributed by atoms with Crippen LogP contribution in [0.3, 0.4) is 0 Å². The van der Waals surface area contributed by atoms with Gasteiger partial charge in [-0.25, -0.2) is 27.1 Å². The molecule has 0 aliphatic carbocycles. The maximum atomic E-state index is 14.6. The van der Waals surface area contributed by atoms with E-state index in [1.54, 1.807) is 6.92 Å². The van der Waals surface area contributed by atoms with Gasteiger partial charge in [0.15, 0.2) is 0 Å². The molecule has 0 aliphatic rings. The second-order valence-electron chi connectivity index (χ2n) is 6.77. The van der Waals surface area contributed by atoms with Gasteiger partial charge < -0.3 is 4.98 Å². The first-order valence-corrected chi connectivity index (χ1v) is 10.4. The first kappa shape index (κ1) is 19.9. The number of sulfonamides is 1. The number of pyridine rings is 1. The van der Waals surface area contributed by atoms with Gasteiger partial charge in [-0.3, -0.25) is 9.55 Å². The largest absolute Gasteiger partial charge is 0.326 e. The smallest absolute Gasteiger partial charge is 0.304 e. The number of hydrogen-bond acceptors (Lipinski definition) is 4. The number of aromatic nitrogens is 3. The SMILES string of the molecule is Cc1ncc2[nH]c(=O)n(Cc3c(F)cc(S(N)(=O)=O)cc3F)c2c1-c1ccccc1. The number of rotatable bonds is 4. The van der Waals surface area contributed by atoms with E-state index in [0.29, 0.717) is 34.4 Å². The summed E-state index contributed by atoms with van der Waals surface area (Å²) >= 11 is 0. The van der Waals surface area contributed by atoms with E-state index in [9.17, 15) is 22.0 Å². The quantitative estimate of drug-likeness (QED) is 0.519. The van der Waals surface area contributed by atoms with Gasteiger partial charge >= 0.3 is 5.69 Å². The van der Waals surface area contributed by atoms with Crippen molar-refractivity contribution < 1.29 is 17.2 Å². The van der Waals surface area contributed by atoms with Gasteiger partial charge in [0.1, 0.15) is 11.6 Å². The molecule has 4 rings (SSSR count). The Kier molecular flexibility index (Phi) is 4.75. The standard InChI is InChI=1S/C20H16F2N4O3S/c1-11-18(12-5-3-2-4-6-12)19-17(9-24-11)25-20(27)26(19)10-14-15(21)7-13(8-16(14)22)30(23,28)29/h2-9H,10H2,1H3,(H,25,27)(H2,23,28,29). The molecular weight excluding hydrogens is 414 g/mol. The summed E-state index contributed by atoms with van der Waals surface area (Å²) in [4.78, 5) is 18.9. The molecule has 10 heteroatoms. The first-order valence-electron chi connectivity index (χ1n) is 8.81. The number of aryl methyl sites for hydroxylation is 1. The van der Waals surface area contributed by atoms with Crippen molar-refractivity contribution in [2.75, 3.05) is 0 Å². The minimum atomic E-state index is -4.28. The maximum absolute atomic E-state index is 14.6. The van der Waals surface area contributed by atoms with E-state index < -0.39 is 44.4 Å². The third-order valence-electron chi connectivity index (χ3n) is 4.82. The van der Waals surface area contributed by atoms with Gasteiger partial charge in [0, 0.05) is 16.8 Å². The van der Waals surface area contributed by atoms with Crippen molar-refractivity contribution in [2.45, 2.75) is 18.4 Å². The van der Waals surface area contributed by atoms with Crippen LogP contribution in [0.15, 0.2) is 58.4 Å². The second kappa shape index (κ2) is 7.15. The van der Waals surface area contributed by atoms with Crippen LogP contribution < -0.4 is 10.8 Å². The normalized spacial score (nSPS) is 11.9. The summed E-state index contributed by atoms with van der Waals surface area (Å²) in [7, 11) is -4.28. The van der Waals surface area contributed by atoms with Gasteiger partial charge in [-0.1, -0.05) is 30.3 Å². The Balaban J connectivity index is 1.95. The molecule has 154 valence electrons. The van der Waals surface area contributed by atoms with E-state index in [-0.39, 0.29) is 0 Å². The van der Waals surface area contributed by atoms with Gasteiger partial charge in [0.25, 0.3) is 0 Å². The minimum absolute atomic E-state index is 0.409. The topological polar surface area (TPSA) is 111 Å². The number of benzene rings is 2. The molecule has 0 fully saturated rings. The molecular formula is C20H16F2N4O3S. The lowest BCUT2D eigenvalue weighted by Crippen LogP contribution is -2.20. The highest BCUT2D eigenvalue weighted by atomic mass is 32.2. The van der Waals surface area contributed by atoms with Gasteiger partial charge in [-0.15, -0.1) is 0 Å². The lowest BCUT2D eigenvalue weighted by Gasteiger charge is -2.12. The monoisotopic (exact) mass is 430 g/mol. The summed E-state index contributed by atoms with van der Waals surface area (Å²) in [5.41, 5.74) is 1.87. The van der Waals surface area contributed by atoms with Crippen LogP contribution in [0.4, 0.5) is 8.78 Å². The number of imidazole rings is 1. The van der Waals surface area contributed by atoms with Crippen LogP contribution in [0.1, 0.15) is 11.3 Å². The molecule has 3 N–H and O–H groups in total. The fraction of sp³-hybridized carbons (Fsp3) is 0.100. The lowest BCUT2D eigenvalue weighted by atomic mass is 10.0. The Labute approximate surface area is 169 Å². The summed E-state index contributed by atoms with van der Waals surface area (Å²) in [5.74, 6) is -2.24. The van der Waals surface area contributed by atoms with E-state index in [4.69, 9.17) is 5.14 Å². The van der Waals surface area contributed by atoms with Gasteiger partial charge in [-0.2, -0.15) is 0 Å². The zero-order valence-electron chi connectivity index (χ0n) is 15.7. The molecule has 0 spiro atoms. The van der Waals surface area contributed by atoms with Crippen LogP contribution >= 0.6 is 0 Å². The number of H-pyrrole nitrogens is 1. The molecule has 0 unspecified atom stereocenters. The number of hydrogen-bond donors (Lipinski definition) is 2. The first-order chi connectivity index (χ1) is 14.2. The number of nitrogens with one attached hydrogen (secondary N) is 1. The van der Waals surface area contributed by atoms with Crippen molar-refractivity contribution in [3.63, 3.8) is 0 Å². The molecule has 2 aromatic carbocycles. The zero-order chi connectivity index (χ0) is 21.6. The van der Waals surface area contributed by atoms with Crippen molar-refractivity contribution in [1.82, 2.24) is 14.5 Å².